The van der Waals surface area contributed by atoms with Crippen molar-refractivity contribution in [1.29, 1.82) is 0 Å². The summed E-state index contributed by atoms with van der Waals surface area (Å²) < 4.78 is 0. The monoisotopic (exact) mass is 143 g/mol. The predicted octanol–water partition coefficient (Wildman–Crippen LogP) is 0.898. The zero-order valence-corrected chi connectivity index (χ0v) is 6.80. The Morgan fingerprint density at radius 2 is 2.30 bits per heavy atom. The standard InChI is InChI=1S/C8H17NO/c1-3-4-7-5-8(10)6(2)9-7/h6-10H,3-5H2,1-2H3/t6-,7+,8-/m0/s1. The maximum Gasteiger partial charge on any atom is 0.0705 e. The van der Waals surface area contributed by atoms with Crippen molar-refractivity contribution in [3.8, 4) is 0 Å². The van der Waals surface area contributed by atoms with Crippen LogP contribution < -0.4 is 5.32 Å². The van der Waals surface area contributed by atoms with Crippen LogP contribution in [-0.4, -0.2) is 23.3 Å². The van der Waals surface area contributed by atoms with Crippen LogP contribution in [-0.2, 0) is 0 Å². The number of hydrogen-bond donors (Lipinski definition) is 2. The van der Waals surface area contributed by atoms with Gasteiger partial charge in [0.05, 0.1) is 6.10 Å². The number of hydrogen-bond acceptors (Lipinski definition) is 2. The van der Waals surface area contributed by atoms with E-state index in [-0.39, 0.29) is 6.10 Å². The molecule has 2 N–H and O–H groups in total. The van der Waals surface area contributed by atoms with Crippen molar-refractivity contribution in [1.82, 2.24) is 5.32 Å². The molecule has 3 atom stereocenters. The van der Waals surface area contributed by atoms with E-state index in [4.69, 9.17) is 0 Å². The third-order valence-corrected chi connectivity index (χ3v) is 2.24. The quantitative estimate of drug-likeness (QED) is 0.602. The minimum atomic E-state index is -0.114. The molecule has 60 valence electrons. The molecule has 0 saturated carbocycles. The van der Waals surface area contributed by atoms with Gasteiger partial charge in [-0.1, -0.05) is 13.3 Å². The minimum absolute atomic E-state index is 0.114. The van der Waals surface area contributed by atoms with Crippen molar-refractivity contribution in [3.63, 3.8) is 0 Å². The van der Waals surface area contributed by atoms with E-state index in [1.807, 2.05) is 6.92 Å². The number of aliphatic hydroxyl groups excluding tert-OH is 1. The summed E-state index contributed by atoms with van der Waals surface area (Å²) in [5.41, 5.74) is 0. The molecule has 0 aliphatic carbocycles. The Morgan fingerprint density at radius 1 is 1.60 bits per heavy atom. The molecule has 0 bridgehead atoms. The van der Waals surface area contributed by atoms with E-state index in [9.17, 15) is 5.11 Å². The van der Waals surface area contributed by atoms with Gasteiger partial charge in [0.15, 0.2) is 0 Å². The molecular weight excluding hydrogens is 126 g/mol. The molecule has 1 aliphatic rings. The lowest BCUT2D eigenvalue weighted by atomic mass is 10.1. The topological polar surface area (TPSA) is 32.3 Å². The summed E-state index contributed by atoms with van der Waals surface area (Å²) in [5, 5.41) is 12.7. The molecule has 1 fully saturated rings. The van der Waals surface area contributed by atoms with E-state index in [2.05, 4.69) is 12.2 Å². The van der Waals surface area contributed by atoms with E-state index < -0.39 is 0 Å². The van der Waals surface area contributed by atoms with Crippen LogP contribution >= 0.6 is 0 Å². The van der Waals surface area contributed by atoms with Gasteiger partial charge in [-0.3, -0.25) is 0 Å². The largest absolute Gasteiger partial charge is 0.391 e. The van der Waals surface area contributed by atoms with E-state index >= 15 is 0 Å². The first kappa shape index (κ1) is 8.02. The van der Waals surface area contributed by atoms with Crippen LogP contribution in [0.2, 0.25) is 0 Å². The Balaban J connectivity index is 2.27. The molecular formula is C8H17NO. The van der Waals surface area contributed by atoms with Crippen molar-refractivity contribution in [2.24, 2.45) is 0 Å². The Bertz CT molecular complexity index is 95.4. The SMILES string of the molecule is CCC[C@@H]1C[C@H](O)[C@H](C)N1. The van der Waals surface area contributed by atoms with Gasteiger partial charge in [-0.05, 0) is 19.8 Å². The Morgan fingerprint density at radius 3 is 2.70 bits per heavy atom. The molecule has 1 aliphatic heterocycles. The smallest absolute Gasteiger partial charge is 0.0705 e. The van der Waals surface area contributed by atoms with E-state index in [1.165, 1.54) is 12.8 Å². The molecule has 0 amide bonds. The number of rotatable bonds is 2. The van der Waals surface area contributed by atoms with Crippen LogP contribution in [0.15, 0.2) is 0 Å². The van der Waals surface area contributed by atoms with Gasteiger partial charge in [-0.2, -0.15) is 0 Å². The maximum atomic E-state index is 9.33. The van der Waals surface area contributed by atoms with Gasteiger partial charge in [0.2, 0.25) is 0 Å². The summed E-state index contributed by atoms with van der Waals surface area (Å²) in [6, 6.07) is 0.867. The first-order valence-electron chi connectivity index (χ1n) is 4.18. The van der Waals surface area contributed by atoms with Crippen molar-refractivity contribution in [2.45, 2.75) is 51.3 Å². The zero-order chi connectivity index (χ0) is 7.56. The zero-order valence-electron chi connectivity index (χ0n) is 6.80. The second-order valence-corrected chi connectivity index (χ2v) is 3.24. The molecule has 2 heteroatoms. The summed E-state index contributed by atoms with van der Waals surface area (Å²) in [5.74, 6) is 0. The fourth-order valence-corrected chi connectivity index (χ4v) is 1.60. The van der Waals surface area contributed by atoms with Crippen molar-refractivity contribution < 1.29 is 5.11 Å². The Kier molecular flexibility index (Phi) is 2.69. The Hall–Kier alpha value is -0.0800. The van der Waals surface area contributed by atoms with Gasteiger partial charge in [-0.15, -0.1) is 0 Å². The van der Waals surface area contributed by atoms with Crippen LogP contribution in [0.3, 0.4) is 0 Å². The lowest BCUT2D eigenvalue weighted by Gasteiger charge is -2.08. The van der Waals surface area contributed by atoms with Crippen molar-refractivity contribution in [3.05, 3.63) is 0 Å². The van der Waals surface area contributed by atoms with Gasteiger partial charge in [0.1, 0.15) is 0 Å². The average Bonchev–Trinajstić information content (AvgIpc) is 2.14. The number of nitrogens with one attached hydrogen (secondary N) is 1. The normalized spacial score (nSPS) is 40.5. The fraction of sp³-hybridized carbons (Fsp3) is 1.00. The summed E-state index contributed by atoms with van der Waals surface area (Å²) in [6.07, 6.45) is 3.23. The average molecular weight is 143 g/mol. The van der Waals surface area contributed by atoms with Gasteiger partial charge in [-0.25, -0.2) is 0 Å². The second kappa shape index (κ2) is 3.35. The van der Waals surface area contributed by atoms with Gasteiger partial charge >= 0.3 is 0 Å². The maximum absolute atomic E-state index is 9.33. The van der Waals surface area contributed by atoms with E-state index in [1.54, 1.807) is 0 Å². The molecule has 0 aromatic carbocycles. The van der Waals surface area contributed by atoms with Crippen LogP contribution in [0.4, 0.5) is 0 Å². The molecule has 2 nitrogen and oxygen atoms in total. The summed E-state index contributed by atoms with van der Waals surface area (Å²) in [4.78, 5) is 0. The minimum Gasteiger partial charge on any atom is -0.391 e. The lowest BCUT2D eigenvalue weighted by Crippen LogP contribution is -2.29. The van der Waals surface area contributed by atoms with Crippen molar-refractivity contribution >= 4 is 0 Å². The third kappa shape index (κ3) is 1.70. The van der Waals surface area contributed by atoms with E-state index in [0.29, 0.717) is 12.1 Å². The molecule has 0 aromatic heterocycles. The molecule has 0 spiro atoms. The highest BCUT2D eigenvalue weighted by molar-refractivity contribution is 4.87. The third-order valence-electron chi connectivity index (χ3n) is 2.24. The molecule has 1 heterocycles. The highest BCUT2D eigenvalue weighted by atomic mass is 16.3. The van der Waals surface area contributed by atoms with Gasteiger partial charge in [0, 0.05) is 12.1 Å². The highest BCUT2D eigenvalue weighted by Crippen LogP contribution is 2.16. The molecule has 1 rings (SSSR count). The highest BCUT2D eigenvalue weighted by Gasteiger charge is 2.27. The molecule has 0 radical (unpaired) electrons. The first-order chi connectivity index (χ1) is 4.74. The van der Waals surface area contributed by atoms with Crippen LogP contribution in [0.5, 0.6) is 0 Å². The predicted molar refractivity (Wildman–Crippen MR) is 41.9 cm³/mol. The second-order valence-electron chi connectivity index (χ2n) is 3.24. The van der Waals surface area contributed by atoms with E-state index in [0.717, 1.165) is 6.42 Å². The van der Waals surface area contributed by atoms with Crippen LogP contribution in [0.1, 0.15) is 33.1 Å². The molecule has 0 unspecified atom stereocenters. The first-order valence-corrected chi connectivity index (χ1v) is 4.18. The summed E-state index contributed by atoms with van der Waals surface area (Å²) in [7, 11) is 0. The summed E-state index contributed by atoms with van der Waals surface area (Å²) >= 11 is 0. The fourth-order valence-electron chi connectivity index (χ4n) is 1.60. The van der Waals surface area contributed by atoms with Gasteiger partial charge < -0.3 is 10.4 Å². The summed E-state index contributed by atoms with van der Waals surface area (Å²) in [6.45, 7) is 4.22. The lowest BCUT2D eigenvalue weighted by molar-refractivity contribution is 0.164. The molecule has 1 saturated heterocycles. The Labute approximate surface area is 62.6 Å². The number of aliphatic hydroxyl groups is 1. The van der Waals surface area contributed by atoms with Crippen molar-refractivity contribution in [2.75, 3.05) is 0 Å². The van der Waals surface area contributed by atoms with Crippen LogP contribution in [0.25, 0.3) is 0 Å². The van der Waals surface area contributed by atoms with Crippen LogP contribution in [0, 0.1) is 0 Å². The molecule has 0 aromatic rings. The van der Waals surface area contributed by atoms with Gasteiger partial charge in [0.25, 0.3) is 0 Å². The molecule has 10 heavy (non-hydrogen) atoms.